The van der Waals surface area contributed by atoms with Gasteiger partial charge in [-0.3, -0.25) is 9.79 Å². The summed E-state index contributed by atoms with van der Waals surface area (Å²) in [5.41, 5.74) is 4.69. The van der Waals surface area contributed by atoms with Gasteiger partial charge in [-0.1, -0.05) is 29.8 Å². The lowest BCUT2D eigenvalue weighted by molar-refractivity contribution is 0.102. The van der Waals surface area contributed by atoms with Gasteiger partial charge >= 0.3 is 0 Å². The van der Waals surface area contributed by atoms with E-state index in [-0.39, 0.29) is 16.4 Å². The minimum atomic E-state index is -3.93. The topological polar surface area (TPSA) is 89.8 Å². The number of nitrogens with one attached hydrogen (secondary N) is 1. The maximum absolute atomic E-state index is 13.5. The Hall–Kier alpha value is -3.65. The van der Waals surface area contributed by atoms with Gasteiger partial charge in [-0.05, 0) is 61.2 Å². The first-order valence-corrected chi connectivity index (χ1v) is 12.6. The first kappa shape index (κ1) is 22.2. The lowest BCUT2D eigenvalue weighted by Crippen LogP contribution is -2.32. The third kappa shape index (κ3) is 3.84. The number of carbonyl (C=O) groups excluding carboxylic acids is 1. The maximum atomic E-state index is 13.5. The molecule has 0 fully saturated rings. The van der Waals surface area contributed by atoms with Crippen LogP contribution in [0.2, 0.25) is 0 Å². The predicted molar refractivity (Wildman–Crippen MR) is 130 cm³/mol. The van der Waals surface area contributed by atoms with Crippen LogP contribution in [0.15, 0.2) is 76.4 Å². The summed E-state index contributed by atoms with van der Waals surface area (Å²) >= 11 is 0. The Balaban J connectivity index is 1.45. The fraction of sp³-hybridized carbons (Fsp3) is 0.231. The van der Waals surface area contributed by atoms with Gasteiger partial charge in [0, 0.05) is 24.8 Å². The highest BCUT2D eigenvalue weighted by Crippen LogP contribution is 2.32. The second kappa shape index (κ2) is 8.61. The van der Waals surface area contributed by atoms with Crippen molar-refractivity contribution >= 4 is 21.5 Å². The molecule has 3 aromatic rings. The van der Waals surface area contributed by atoms with Crippen molar-refractivity contribution < 1.29 is 17.9 Å². The Kier molecular flexibility index (Phi) is 5.61. The van der Waals surface area contributed by atoms with Gasteiger partial charge in [0.1, 0.15) is 11.4 Å². The van der Waals surface area contributed by atoms with Gasteiger partial charge in [0.25, 0.3) is 10.0 Å². The Labute approximate surface area is 198 Å². The monoisotopic (exact) mass is 475 g/mol. The van der Waals surface area contributed by atoms with Gasteiger partial charge in [0.2, 0.25) is 5.78 Å². The summed E-state index contributed by atoms with van der Waals surface area (Å²) in [4.78, 5) is 18.2. The number of aromatic nitrogens is 1. The van der Waals surface area contributed by atoms with Gasteiger partial charge < -0.3 is 10.1 Å². The van der Waals surface area contributed by atoms with Crippen molar-refractivity contribution in [2.45, 2.75) is 24.7 Å². The molecule has 0 radical (unpaired) electrons. The van der Waals surface area contributed by atoms with Gasteiger partial charge in [0.05, 0.1) is 23.4 Å². The molecule has 8 heteroatoms. The van der Waals surface area contributed by atoms with Gasteiger partial charge in [-0.25, -0.2) is 12.4 Å². The van der Waals surface area contributed by atoms with Gasteiger partial charge in [-0.15, -0.1) is 0 Å². The van der Waals surface area contributed by atoms with Crippen molar-refractivity contribution in [2.24, 2.45) is 4.99 Å². The van der Waals surface area contributed by atoms with Crippen molar-refractivity contribution in [1.82, 2.24) is 9.29 Å². The molecule has 2 heterocycles. The molecular formula is C26H25N3O4S. The number of rotatable bonds is 7. The largest absolute Gasteiger partial charge is 0.497 e. The number of ketones is 1. The number of Topliss-reactive ketones (excluding diaryl/α,β-unsaturated/α-hetero) is 1. The van der Waals surface area contributed by atoms with Crippen LogP contribution < -0.4 is 10.1 Å². The second-order valence-electron chi connectivity index (χ2n) is 8.42. The predicted octanol–water partition coefficient (Wildman–Crippen LogP) is 3.30. The fourth-order valence-corrected chi connectivity index (χ4v) is 5.71. The summed E-state index contributed by atoms with van der Waals surface area (Å²) in [6.07, 6.45) is 4.62. The zero-order chi connectivity index (χ0) is 23.9. The first-order valence-electron chi connectivity index (χ1n) is 11.1. The van der Waals surface area contributed by atoms with E-state index in [1.54, 1.807) is 43.6 Å². The molecule has 0 atom stereocenters. The van der Waals surface area contributed by atoms with E-state index in [0.717, 1.165) is 26.4 Å². The molecule has 1 aliphatic heterocycles. The average molecular weight is 476 g/mol. The van der Waals surface area contributed by atoms with Crippen LogP contribution in [0.3, 0.4) is 0 Å². The van der Waals surface area contributed by atoms with Crippen molar-refractivity contribution in [1.29, 1.82) is 0 Å². The number of nitrogens with zero attached hydrogens (tertiary/aromatic N) is 2. The molecule has 0 amide bonds. The Morgan fingerprint density at radius 2 is 1.82 bits per heavy atom. The van der Waals surface area contributed by atoms with E-state index >= 15 is 0 Å². The Morgan fingerprint density at radius 3 is 2.53 bits per heavy atom. The van der Waals surface area contributed by atoms with E-state index in [9.17, 15) is 13.2 Å². The molecule has 0 bridgehead atoms. The molecule has 1 aromatic heterocycles. The minimum Gasteiger partial charge on any atom is -0.497 e. The first-order chi connectivity index (χ1) is 16.4. The molecule has 174 valence electrons. The molecule has 5 rings (SSSR count). The Bertz CT molecular complexity index is 1430. The van der Waals surface area contributed by atoms with E-state index in [2.05, 4.69) is 10.3 Å². The molecular weight excluding hydrogens is 450 g/mol. The fourth-order valence-electron chi connectivity index (χ4n) is 4.32. The Morgan fingerprint density at radius 1 is 1.09 bits per heavy atom. The zero-order valence-electron chi connectivity index (χ0n) is 19.0. The quantitative estimate of drug-likeness (QED) is 0.566. The number of aryl methyl sites for hydroxylation is 1. The maximum Gasteiger partial charge on any atom is 0.268 e. The number of aliphatic imine (C=N–C) groups is 1. The van der Waals surface area contributed by atoms with E-state index in [1.807, 2.05) is 31.2 Å². The number of hydrogen-bond acceptors (Lipinski definition) is 6. The van der Waals surface area contributed by atoms with Crippen LogP contribution in [0.25, 0.3) is 0 Å². The molecule has 0 unspecified atom stereocenters. The number of benzene rings is 2. The van der Waals surface area contributed by atoms with Crippen LogP contribution in [0.1, 0.15) is 32.7 Å². The lowest BCUT2D eigenvalue weighted by Gasteiger charge is -2.21. The van der Waals surface area contributed by atoms with Crippen molar-refractivity contribution in [3.05, 3.63) is 94.4 Å². The van der Waals surface area contributed by atoms with Gasteiger partial charge in [0.15, 0.2) is 0 Å². The molecule has 0 saturated heterocycles. The number of allylic oxidation sites excluding steroid dienone is 2. The second-order valence-corrected chi connectivity index (χ2v) is 10.2. The van der Waals surface area contributed by atoms with Crippen molar-refractivity contribution in [3.8, 4) is 5.75 Å². The summed E-state index contributed by atoms with van der Waals surface area (Å²) in [7, 11) is -2.31. The molecule has 1 N–H and O–H groups in total. The summed E-state index contributed by atoms with van der Waals surface area (Å²) in [5.74, 6) is 0.448. The molecule has 0 saturated carbocycles. The normalized spacial score (nSPS) is 14.8. The highest BCUT2D eigenvalue weighted by molar-refractivity contribution is 7.90. The van der Waals surface area contributed by atoms with Crippen LogP contribution in [0, 0.1) is 6.92 Å². The molecule has 0 spiro atoms. The highest BCUT2D eigenvalue weighted by Gasteiger charge is 2.36. The van der Waals surface area contributed by atoms with E-state index in [0.29, 0.717) is 42.9 Å². The van der Waals surface area contributed by atoms with Crippen LogP contribution in [0.5, 0.6) is 5.75 Å². The highest BCUT2D eigenvalue weighted by atomic mass is 32.2. The summed E-state index contributed by atoms with van der Waals surface area (Å²) in [5, 5.41) is 3.20. The van der Waals surface area contributed by atoms with E-state index < -0.39 is 10.0 Å². The number of ether oxygens (including phenoxy) is 1. The SMILES string of the molecule is COc1ccc(CCNC2=CC3=NCCc4cn(S(=O)(=O)c5ccc(C)cc5)c(c43)C2=O)cc1. The summed E-state index contributed by atoms with van der Waals surface area (Å²) in [6.45, 7) is 2.97. The molecule has 2 aromatic carbocycles. The smallest absolute Gasteiger partial charge is 0.268 e. The zero-order valence-corrected chi connectivity index (χ0v) is 19.9. The summed E-state index contributed by atoms with van der Waals surface area (Å²) < 4.78 is 33.3. The standard InChI is InChI=1S/C26H25N3O4S/c1-17-3-9-21(10-4-17)34(31,32)29-16-19-12-14-27-22-15-23(26(30)25(29)24(19)22)28-13-11-18-5-7-20(33-2)8-6-18/h3-10,15-16,28H,11-14H2,1-2H3. The van der Waals surface area contributed by atoms with Crippen LogP contribution in [-0.2, 0) is 22.9 Å². The molecule has 1 aliphatic carbocycles. The van der Waals surface area contributed by atoms with E-state index in [4.69, 9.17) is 4.74 Å². The van der Waals surface area contributed by atoms with Crippen LogP contribution >= 0.6 is 0 Å². The third-order valence-electron chi connectivity index (χ3n) is 6.18. The number of hydrogen-bond donors (Lipinski definition) is 1. The molecule has 7 nitrogen and oxygen atoms in total. The minimum absolute atomic E-state index is 0.150. The number of carbonyl (C=O) groups is 1. The number of methoxy groups -OCH3 is 1. The van der Waals surface area contributed by atoms with Crippen molar-refractivity contribution in [2.75, 3.05) is 20.2 Å². The average Bonchev–Trinajstić information content (AvgIpc) is 3.25. The van der Waals surface area contributed by atoms with Gasteiger partial charge in [-0.2, -0.15) is 0 Å². The van der Waals surface area contributed by atoms with Crippen LogP contribution in [0.4, 0.5) is 0 Å². The molecule has 34 heavy (non-hydrogen) atoms. The molecule has 2 aliphatic rings. The van der Waals surface area contributed by atoms with Crippen LogP contribution in [-0.4, -0.2) is 44.1 Å². The van der Waals surface area contributed by atoms with Crippen molar-refractivity contribution in [3.63, 3.8) is 0 Å². The summed E-state index contributed by atoms with van der Waals surface area (Å²) in [6, 6.07) is 14.4. The third-order valence-corrected chi connectivity index (χ3v) is 7.85. The lowest BCUT2D eigenvalue weighted by atomic mass is 9.92. The van der Waals surface area contributed by atoms with E-state index in [1.165, 1.54) is 0 Å².